The number of unbranched alkanes of at least 4 members (excludes halogenated alkanes) is 1. The van der Waals surface area contributed by atoms with Gasteiger partial charge in [0.25, 0.3) is 5.67 Å². The summed E-state index contributed by atoms with van der Waals surface area (Å²) in [5.74, 6) is -14.1. The molecular formula is C9H9F11. The zero-order chi connectivity index (χ0) is 16.6. The van der Waals surface area contributed by atoms with Gasteiger partial charge in [0.15, 0.2) is 0 Å². The molecule has 0 N–H and O–H groups in total. The summed E-state index contributed by atoms with van der Waals surface area (Å²) in [4.78, 5) is 0. The maximum Gasteiger partial charge on any atom is 0.460 e. The number of rotatable bonds is 5. The minimum Gasteiger partial charge on any atom is -0.227 e. The molecule has 11 heteroatoms. The third-order valence-electron chi connectivity index (χ3n) is 2.57. The molecule has 0 aliphatic rings. The van der Waals surface area contributed by atoms with Crippen LogP contribution in [0.15, 0.2) is 0 Å². The van der Waals surface area contributed by atoms with Crippen LogP contribution in [-0.4, -0.2) is 29.9 Å². The predicted molar refractivity (Wildman–Crippen MR) is 45.4 cm³/mol. The normalized spacial score (nSPS) is 18.0. The van der Waals surface area contributed by atoms with Crippen LogP contribution in [0.1, 0.15) is 26.2 Å². The van der Waals surface area contributed by atoms with Crippen molar-refractivity contribution in [2.24, 2.45) is 0 Å². The van der Waals surface area contributed by atoms with Gasteiger partial charge in [-0.3, -0.25) is 0 Å². The highest BCUT2D eigenvalue weighted by Gasteiger charge is 2.85. The summed E-state index contributed by atoms with van der Waals surface area (Å²) in [6.45, 7) is 1.12. The van der Waals surface area contributed by atoms with Gasteiger partial charge in [0.1, 0.15) is 0 Å². The summed E-state index contributed by atoms with van der Waals surface area (Å²) in [5, 5.41) is 0. The molecule has 0 aromatic rings. The summed E-state index contributed by atoms with van der Waals surface area (Å²) in [7, 11) is 0. The highest BCUT2D eigenvalue weighted by atomic mass is 19.4. The molecule has 0 saturated carbocycles. The number of hydrogen-bond acceptors (Lipinski definition) is 0. The first-order valence-electron chi connectivity index (χ1n) is 5.14. The van der Waals surface area contributed by atoms with Gasteiger partial charge in [-0.25, -0.2) is 4.39 Å². The van der Waals surface area contributed by atoms with Gasteiger partial charge in [-0.1, -0.05) is 13.3 Å². The molecule has 0 fully saturated rings. The van der Waals surface area contributed by atoms with Gasteiger partial charge in [-0.05, 0) is 12.8 Å². The van der Waals surface area contributed by atoms with Crippen LogP contribution in [0.3, 0.4) is 0 Å². The van der Waals surface area contributed by atoms with E-state index in [1.54, 1.807) is 0 Å². The second-order valence-electron chi connectivity index (χ2n) is 4.05. The SMILES string of the molecule is CCCCC(F)(C(F)(F)F)C(F)(F)C(F)(F)C(F)(F)F. The van der Waals surface area contributed by atoms with Gasteiger partial charge < -0.3 is 0 Å². The lowest BCUT2D eigenvalue weighted by molar-refractivity contribution is -0.412. The van der Waals surface area contributed by atoms with Crippen molar-refractivity contribution in [1.82, 2.24) is 0 Å². The number of hydrogen-bond donors (Lipinski definition) is 0. The molecule has 0 aliphatic heterocycles. The molecule has 0 aromatic heterocycles. The van der Waals surface area contributed by atoms with Crippen molar-refractivity contribution in [3.8, 4) is 0 Å². The summed E-state index contributed by atoms with van der Waals surface area (Å²) in [6, 6.07) is 0. The van der Waals surface area contributed by atoms with Crippen LogP contribution in [0.25, 0.3) is 0 Å². The molecule has 0 nitrogen and oxygen atoms in total. The van der Waals surface area contributed by atoms with Crippen molar-refractivity contribution in [1.29, 1.82) is 0 Å². The Morgan fingerprint density at radius 2 is 1.00 bits per heavy atom. The molecule has 20 heavy (non-hydrogen) atoms. The Hall–Kier alpha value is -0.770. The standard InChI is InChI=1S/C9H9F11/c1-2-3-4-5(10,8(15,16)17)6(11,12)7(13,14)9(18,19)20/h2-4H2,1H3. The van der Waals surface area contributed by atoms with Crippen molar-refractivity contribution in [3.63, 3.8) is 0 Å². The van der Waals surface area contributed by atoms with E-state index in [1.165, 1.54) is 0 Å². The third-order valence-corrected chi connectivity index (χ3v) is 2.57. The minimum absolute atomic E-state index is 0.310. The fourth-order valence-corrected chi connectivity index (χ4v) is 1.32. The van der Waals surface area contributed by atoms with E-state index < -0.39 is 42.7 Å². The Morgan fingerprint density at radius 3 is 1.25 bits per heavy atom. The van der Waals surface area contributed by atoms with Gasteiger partial charge in [0.05, 0.1) is 0 Å². The Balaban J connectivity index is 5.92. The highest BCUT2D eigenvalue weighted by molar-refractivity contribution is 5.08. The van der Waals surface area contributed by atoms with Crippen LogP contribution in [0.5, 0.6) is 0 Å². The molecule has 1 unspecified atom stereocenters. The van der Waals surface area contributed by atoms with Crippen molar-refractivity contribution in [2.45, 2.75) is 56.1 Å². The lowest BCUT2D eigenvalue weighted by Crippen LogP contribution is -2.67. The first-order valence-corrected chi connectivity index (χ1v) is 5.14. The van der Waals surface area contributed by atoms with Crippen LogP contribution in [-0.2, 0) is 0 Å². The maximum absolute atomic E-state index is 13.4. The molecule has 1 atom stereocenters. The smallest absolute Gasteiger partial charge is 0.227 e. The molecule has 0 spiro atoms. The van der Waals surface area contributed by atoms with E-state index in [0.717, 1.165) is 6.92 Å². The fraction of sp³-hybridized carbons (Fsp3) is 1.00. The maximum atomic E-state index is 13.4. The molecule has 0 saturated heterocycles. The summed E-state index contributed by atoms with van der Waals surface area (Å²) >= 11 is 0. The van der Waals surface area contributed by atoms with E-state index in [9.17, 15) is 48.3 Å². The lowest BCUT2D eigenvalue weighted by Gasteiger charge is -2.39. The summed E-state index contributed by atoms with van der Waals surface area (Å²) < 4.78 is 137. The number of halogens is 11. The average molecular weight is 326 g/mol. The zero-order valence-corrected chi connectivity index (χ0v) is 9.78. The van der Waals surface area contributed by atoms with Crippen LogP contribution < -0.4 is 0 Å². The second-order valence-corrected chi connectivity index (χ2v) is 4.05. The first-order chi connectivity index (χ1) is 8.56. The molecule has 0 aromatic carbocycles. The van der Waals surface area contributed by atoms with Crippen molar-refractivity contribution in [3.05, 3.63) is 0 Å². The molecule has 122 valence electrons. The number of alkyl halides is 11. The molecule has 0 rings (SSSR count). The Bertz CT molecular complexity index is 326. The van der Waals surface area contributed by atoms with E-state index in [0.29, 0.717) is 0 Å². The molecule has 0 amide bonds. The monoisotopic (exact) mass is 326 g/mol. The van der Waals surface area contributed by atoms with Gasteiger partial charge in [0, 0.05) is 0 Å². The van der Waals surface area contributed by atoms with Crippen LogP contribution in [0.4, 0.5) is 48.3 Å². The second kappa shape index (κ2) is 5.21. The minimum atomic E-state index is -7.15. The fourth-order valence-electron chi connectivity index (χ4n) is 1.32. The summed E-state index contributed by atoms with van der Waals surface area (Å²) in [5.41, 5.74) is -5.98. The topological polar surface area (TPSA) is 0 Å². The van der Waals surface area contributed by atoms with E-state index in [1.807, 2.05) is 0 Å². The molecular weight excluding hydrogens is 317 g/mol. The largest absolute Gasteiger partial charge is 0.460 e. The predicted octanol–water partition coefficient (Wildman–Crippen LogP) is 5.28. The van der Waals surface area contributed by atoms with Crippen molar-refractivity contribution < 1.29 is 48.3 Å². The van der Waals surface area contributed by atoms with Gasteiger partial charge in [0.2, 0.25) is 0 Å². The van der Waals surface area contributed by atoms with Gasteiger partial charge >= 0.3 is 24.2 Å². The zero-order valence-electron chi connectivity index (χ0n) is 9.78. The van der Waals surface area contributed by atoms with E-state index in [2.05, 4.69) is 0 Å². The van der Waals surface area contributed by atoms with E-state index in [4.69, 9.17) is 0 Å². The van der Waals surface area contributed by atoms with E-state index in [-0.39, 0.29) is 6.42 Å². The molecule has 0 radical (unpaired) electrons. The molecule has 0 heterocycles. The first kappa shape index (κ1) is 19.2. The van der Waals surface area contributed by atoms with Crippen molar-refractivity contribution in [2.75, 3.05) is 0 Å². The average Bonchev–Trinajstić information content (AvgIpc) is 2.21. The Morgan fingerprint density at radius 1 is 0.600 bits per heavy atom. The van der Waals surface area contributed by atoms with Gasteiger partial charge in [-0.2, -0.15) is 43.9 Å². The quantitative estimate of drug-likeness (QED) is 0.603. The van der Waals surface area contributed by atoms with Crippen LogP contribution >= 0.6 is 0 Å². The molecule has 0 aliphatic carbocycles. The van der Waals surface area contributed by atoms with Crippen LogP contribution in [0.2, 0.25) is 0 Å². The van der Waals surface area contributed by atoms with E-state index >= 15 is 0 Å². The summed E-state index contributed by atoms with van der Waals surface area (Å²) in [6.07, 6.45) is -17.1. The lowest BCUT2D eigenvalue weighted by atomic mass is 9.86. The highest BCUT2D eigenvalue weighted by Crippen LogP contribution is 2.58. The van der Waals surface area contributed by atoms with Crippen LogP contribution in [0, 0.1) is 0 Å². The Kier molecular flexibility index (Phi) is 5.01. The molecule has 0 bridgehead atoms. The Labute approximate surface area is 105 Å². The van der Waals surface area contributed by atoms with Gasteiger partial charge in [-0.15, -0.1) is 0 Å². The van der Waals surface area contributed by atoms with Crippen molar-refractivity contribution >= 4 is 0 Å². The third kappa shape index (κ3) is 2.80.